The van der Waals surface area contributed by atoms with E-state index in [1.54, 1.807) is 0 Å². The van der Waals surface area contributed by atoms with Crippen molar-refractivity contribution in [1.29, 1.82) is 0 Å². The van der Waals surface area contributed by atoms with Gasteiger partial charge in [-0.15, -0.1) is 0 Å². The number of hydrogen-bond donors (Lipinski definition) is 1. The predicted molar refractivity (Wildman–Crippen MR) is 81.0 cm³/mol. The van der Waals surface area contributed by atoms with E-state index in [0.717, 1.165) is 12.2 Å². The molecule has 2 unspecified atom stereocenters. The summed E-state index contributed by atoms with van der Waals surface area (Å²) in [5, 5.41) is 0. The third kappa shape index (κ3) is 1.88. The largest absolute Gasteiger partial charge is 0.490 e. The highest BCUT2D eigenvalue weighted by Gasteiger charge is 2.56. The first kappa shape index (κ1) is 12.7. The fourth-order valence-electron chi connectivity index (χ4n) is 4.62. The molecule has 0 heterocycles. The van der Waals surface area contributed by atoms with E-state index in [1.165, 1.54) is 62.5 Å². The first-order valence-electron chi connectivity index (χ1n) is 8.32. The molecular weight excluding hydrogens is 246 g/mol. The lowest BCUT2D eigenvalue weighted by atomic mass is 9.61. The summed E-state index contributed by atoms with van der Waals surface area (Å²) in [6.45, 7) is 0. The van der Waals surface area contributed by atoms with Crippen molar-refractivity contribution in [2.75, 3.05) is 0 Å². The van der Waals surface area contributed by atoms with E-state index in [-0.39, 0.29) is 0 Å². The molecule has 1 spiro atoms. The summed E-state index contributed by atoms with van der Waals surface area (Å²) >= 11 is 0. The Morgan fingerprint density at radius 2 is 1.75 bits per heavy atom. The summed E-state index contributed by atoms with van der Waals surface area (Å²) in [6, 6.07) is 7.12. The van der Waals surface area contributed by atoms with Crippen LogP contribution in [0.15, 0.2) is 18.2 Å². The molecule has 2 fully saturated rings. The molecule has 3 aliphatic carbocycles. The van der Waals surface area contributed by atoms with Crippen molar-refractivity contribution in [1.82, 2.24) is 0 Å². The highest BCUT2D eigenvalue weighted by atomic mass is 16.5. The minimum atomic E-state index is 0.301. The maximum absolute atomic E-state index is 6.34. The van der Waals surface area contributed by atoms with Crippen molar-refractivity contribution in [3.05, 3.63) is 29.3 Å². The molecule has 1 aromatic rings. The average molecular weight is 271 g/mol. The second-order valence-corrected chi connectivity index (χ2v) is 7.03. The first-order valence-corrected chi connectivity index (χ1v) is 8.32. The smallest absolute Gasteiger partial charge is 0.120 e. The zero-order valence-electron chi connectivity index (χ0n) is 12.2. The molecule has 0 aromatic heterocycles. The maximum Gasteiger partial charge on any atom is 0.120 e. The Morgan fingerprint density at radius 3 is 2.50 bits per heavy atom. The van der Waals surface area contributed by atoms with Crippen LogP contribution in [0.1, 0.15) is 56.1 Å². The normalized spacial score (nSPS) is 30.9. The lowest BCUT2D eigenvalue weighted by Gasteiger charge is -2.52. The monoisotopic (exact) mass is 271 g/mol. The van der Waals surface area contributed by atoms with Gasteiger partial charge in [0.15, 0.2) is 0 Å². The Kier molecular flexibility index (Phi) is 3.03. The van der Waals surface area contributed by atoms with Crippen LogP contribution in [0.3, 0.4) is 0 Å². The van der Waals surface area contributed by atoms with Crippen molar-refractivity contribution in [2.45, 2.75) is 69.9 Å². The van der Waals surface area contributed by atoms with E-state index in [4.69, 9.17) is 10.5 Å². The quantitative estimate of drug-likeness (QED) is 0.892. The summed E-state index contributed by atoms with van der Waals surface area (Å²) in [5.74, 6) is 1.08. The van der Waals surface area contributed by atoms with Crippen LogP contribution in [0.5, 0.6) is 5.75 Å². The van der Waals surface area contributed by atoms with Crippen LogP contribution in [0.25, 0.3) is 0 Å². The van der Waals surface area contributed by atoms with Crippen LogP contribution in [0.4, 0.5) is 0 Å². The SMILES string of the molecule is NC1CC(Oc2ccc3c(c2)CCCC3)C12CCCC2. The zero-order chi connectivity index (χ0) is 13.6. The number of fused-ring (bicyclic) bond motifs is 1. The van der Waals surface area contributed by atoms with Gasteiger partial charge in [0.2, 0.25) is 0 Å². The molecule has 0 saturated heterocycles. The van der Waals surface area contributed by atoms with E-state index in [9.17, 15) is 0 Å². The van der Waals surface area contributed by atoms with Crippen molar-refractivity contribution in [3.63, 3.8) is 0 Å². The summed E-state index contributed by atoms with van der Waals surface area (Å²) < 4.78 is 6.34. The van der Waals surface area contributed by atoms with Gasteiger partial charge >= 0.3 is 0 Å². The Hall–Kier alpha value is -1.02. The molecule has 0 aliphatic heterocycles. The summed E-state index contributed by atoms with van der Waals surface area (Å²) in [7, 11) is 0. The van der Waals surface area contributed by atoms with Gasteiger partial charge in [0.1, 0.15) is 11.9 Å². The zero-order valence-corrected chi connectivity index (χ0v) is 12.2. The number of aryl methyl sites for hydroxylation is 2. The average Bonchev–Trinajstić information content (AvgIpc) is 2.99. The van der Waals surface area contributed by atoms with Gasteiger partial charge in [-0.25, -0.2) is 0 Å². The molecule has 2 atom stereocenters. The van der Waals surface area contributed by atoms with E-state index in [1.807, 2.05) is 0 Å². The second-order valence-electron chi connectivity index (χ2n) is 7.03. The number of benzene rings is 1. The number of ether oxygens (including phenoxy) is 1. The van der Waals surface area contributed by atoms with Gasteiger partial charge in [0, 0.05) is 17.9 Å². The third-order valence-corrected chi connectivity index (χ3v) is 5.98. The van der Waals surface area contributed by atoms with Gasteiger partial charge in [-0.05, 0) is 61.8 Å². The van der Waals surface area contributed by atoms with Gasteiger partial charge in [-0.1, -0.05) is 18.9 Å². The van der Waals surface area contributed by atoms with Crippen molar-refractivity contribution >= 4 is 0 Å². The predicted octanol–water partition coefficient (Wildman–Crippen LogP) is 3.60. The van der Waals surface area contributed by atoms with Gasteiger partial charge in [0.25, 0.3) is 0 Å². The molecule has 3 aliphatic rings. The number of nitrogens with two attached hydrogens (primary N) is 1. The molecule has 1 aromatic carbocycles. The van der Waals surface area contributed by atoms with Crippen LogP contribution in [0.2, 0.25) is 0 Å². The molecule has 2 heteroatoms. The lowest BCUT2D eigenvalue weighted by Crippen LogP contribution is -2.62. The maximum atomic E-state index is 6.34. The summed E-state index contributed by atoms with van der Waals surface area (Å²) in [5.41, 5.74) is 9.64. The molecule has 2 nitrogen and oxygen atoms in total. The molecule has 20 heavy (non-hydrogen) atoms. The second kappa shape index (κ2) is 4.77. The Morgan fingerprint density at radius 1 is 1.00 bits per heavy atom. The summed E-state index contributed by atoms with van der Waals surface area (Å²) in [4.78, 5) is 0. The number of rotatable bonds is 2. The minimum absolute atomic E-state index is 0.301. The Balaban J connectivity index is 1.52. The van der Waals surface area contributed by atoms with Crippen LogP contribution >= 0.6 is 0 Å². The molecule has 0 amide bonds. The van der Waals surface area contributed by atoms with E-state index in [2.05, 4.69) is 18.2 Å². The topological polar surface area (TPSA) is 35.2 Å². The van der Waals surface area contributed by atoms with Crippen LogP contribution in [-0.2, 0) is 12.8 Å². The lowest BCUT2D eigenvalue weighted by molar-refractivity contribution is -0.0620. The Labute approximate surface area is 121 Å². The molecular formula is C18H25NO. The minimum Gasteiger partial charge on any atom is -0.490 e. The van der Waals surface area contributed by atoms with Crippen molar-refractivity contribution in [3.8, 4) is 5.75 Å². The van der Waals surface area contributed by atoms with E-state index < -0.39 is 0 Å². The highest BCUT2D eigenvalue weighted by Crippen LogP contribution is 2.53. The summed E-state index contributed by atoms with van der Waals surface area (Å²) in [6.07, 6.45) is 11.7. The highest BCUT2D eigenvalue weighted by molar-refractivity contribution is 5.37. The molecule has 2 N–H and O–H groups in total. The fraction of sp³-hybridized carbons (Fsp3) is 0.667. The van der Waals surface area contributed by atoms with Crippen LogP contribution < -0.4 is 10.5 Å². The molecule has 108 valence electrons. The van der Waals surface area contributed by atoms with Crippen molar-refractivity contribution < 1.29 is 4.74 Å². The van der Waals surface area contributed by atoms with Gasteiger partial charge in [0.05, 0.1) is 0 Å². The van der Waals surface area contributed by atoms with Gasteiger partial charge in [-0.3, -0.25) is 0 Å². The molecule has 2 saturated carbocycles. The third-order valence-electron chi connectivity index (χ3n) is 5.98. The number of hydrogen-bond acceptors (Lipinski definition) is 2. The van der Waals surface area contributed by atoms with Gasteiger partial charge < -0.3 is 10.5 Å². The molecule has 4 rings (SSSR count). The first-order chi connectivity index (χ1) is 9.78. The van der Waals surface area contributed by atoms with E-state index >= 15 is 0 Å². The Bertz CT molecular complexity index is 504. The van der Waals surface area contributed by atoms with Gasteiger partial charge in [-0.2, -0.15) is 0 Å². The van der Waals surface area contributed by atoms with Crippen LogP contribution in [0, 0.1) is 5.41 Å². The fourth-order valence-corrected chi connectivity index (χ4v) is 4.62. The molecule has 0 bridgehead atoms. The standard InChI is InChI=1S/C18H25NO/c19-16-12-17(18(16)9-3-4-10-18)20-15-8-7-13-5-1-2-6-14(13)11-15/h7-8,11,16-17H,1-6,9-10,12,19H2. The van der Waals surface area contributed by atoms with E-state index in [0.29, 0.717) is 17.6 Å². The van der Waals surface area contributed by atoms with Crippen molar-refractivity contribution in [2.24, 2.45) is 11.1 Å². The molecule has 0 radical (unpaired) electrons. The van der Waals surface area contributed by atoms with Crippen LogP contribution in [-0.4, -0.2) is 12.1 Å².